The number of hydrogen-bond donors (Lipinski definition) is 1. The van der Waals surface area contributed by atoms with Crippen molar-refractivity contribution in [3.05, 3.63) is 66.5 Å². The monoisotopic (exact) mass is 348 g/mol. The second-order valence-electron chi connectivity index (χ2n) is 6.61. The zero-order chi connectivity index (χ0) is 18.7. The Bertz CT molecular complexity index is 896. The summed E-state index contributed by atoms with van der Waals surface area (Å²) in [6.45, 7) is 3.69. The molecule has 0 aliphatic rings. The van der Waals surface area contributed by atoms with Crippen LogP contribution >= 0.6 is 0 Å². The Hall–Kier alpha value is -2.92. The minimum Gasteiger partial charge on any atom is -0.326 e. The Morgan fingerprint density at radius 2 is 1.88 bits per heavy atom. The molecule has 3 aromatic rings. The molecule has 0 aliphatic heterocycles. The molecule has 0 unspecified atom stereocenters. The summed E-state index contributed by atoms with van der Waals surface area (Å²) >= 11 is 0. The lowest BCUT2D eigenvalue weighted by Gasteiger charge is -2.20. The second-order valence-corrected chi connectivity index (χ2v) is 6.61. The minimum atomic E-state index is -0.0846. The maximum absolute atomic E-state index is 11.3. The van der Waals surface area contributed by atoms with Crippen LogP contribution in [-0.4, -0.2) is 34.5 Å². The van der Waals surface area contributed by atoms with E-state index in [1.54, 1.807) is 6.20 Å². The van der Waals surface area contributed by atoms with Crippen LogP contribution in [-0.2, 0) is 4.79 Å². The number of amides is 1. The van der Waals surface area contributed by atoms with Crippen molar-refractivity contribution in [1.29, 1.82) is 0 Å². The third-order valence-electron chi connectivity index (χ3n) is 4.51. The average molecular weight is 348 g/mol. The summed E-state index contributed by atoms with van der Waals surface area (Å²) in [6, 6.07) is 16.6. The van der Waals surface area contributed by atoms with Gasteiger partial charge in [-0.05, 0) is 44.8 Å². The van der Waals surface area contributed by atoms with E-state index < -0.39 is 0 Å². The van der Waals surface area contributed by atoms with E-state index in [0.717, 1.165) is 22.8 Å². The van der Waals surface area contributed by atoms with Gasteiger partial charge in [0.15, 0.2) is 0 Å². The van der Waals surface area contributed by atoms with Crippen molar-refractivity contribution >= 4 is 11.6 Å². The molecule has 5 nitrogen and oxygen atoms in total. The molecule has 1 aromatic heterocycles. The summed E-state index contributed by atoms with van der Waals surface area (Å²) in [5, 5.41) is 2.82. The van der Waals surface area contributed by atoms with Gasteiger partial charge in [0.1, 0.15) is 5.82 Å². The van der Waals surface area contributed by atoms with Crippen molar-refractivity contribution in [2.75, 3.05) is 19.4 Å². The van der Waals surface area contributed by atoms with E-state index in [4.69, 9.17) is 0 Å². The molecule has 1 heterocycles. The average Bonchev–Trinajstić information content (AvgIpc) is 3.10. The highest BCUT2D eigenvalue weighted by Gasteiger charge is 2.11. The highest BCUT2D eigenvalue weighted by Crippen LogP contribution is 2.25. The first-order valence-electron chi connectivity index (χ1n) is 8.64. The second kappa shape index (κ2) is 7.54. The van der Waals surface area contributed by atoms with Crippen molar-refractivity contribution in [3.63, 3.8) is 0 Å². The topological polar surface area (TPSA) is 50.2 Å². The zero-order valence-electron chi connectivity index (χ0n) is 15.6. The van der Waals surface area contributed by atoms with E-state index in [1.807, 2.05) is 35.0 Å². The van der Waals surface area contributed by atoms with Gasteiger partial charge in [-0.1, -0.05) is 30.3 Å². The van der Waals surface area contributed by atoms with Gasteiger partial charge in [-0.25, -0.2) is 4.98 Å². The summed E-state index contributed by atoms with van der Waals surface area (Å²) in [5.41, 5.74) is 4.04. The summed E-state index contributed by atoms with van der Waals surface area (Å²) in [6.07, 6.45) is 3.72. The summed E-state index contributed by atoms with van der Waals surface area (Å²) in [4.78, 5) is 18.0. The van der Waals surface area contributed by atoms with E-state index in [0.29, 0.717) is 6.04 Å². The first kappa shape index (κ1) is 17.9. The van der Waals surface area contributed by atoms with Gasteiger partial charge in [-0.3, -0.25) is 9.36 Å². The third kappa shape index (κ3) is 3.83. The Balaban J connectivity index is 1.93. The maximum Gasteiger partial charge on any atom is 0.221 e. The van der Waals surface area contributed by atoms with Crippen LogP contribution in [0.1, 0.15) is 25.5 Å². The molecule has 0 bridgehead atoms. The molecule has 26 heavy (non-hydrogen) atoms. The highest BCUT2D eigenvalue weighted by atomic mass is 16.1. The standard InChI is InChI=1S/C21H24N4O/c1-15(24(3)4)17-8-10-18(11-9-17)21-22-12-13-25(21)20-7-5-6-19(14-20)23-16(2)26/h5-15H,1-4H3,(H,23,26)/t15-/m0/s1. The van der Waals surface area contributed by atoms with Crippen LogP contribution < -0.4 is 5.32 Å². The van der Waals surface area contributed by atoms with E-state index in [9.17, 15) is 4.79 Å². The van der Waals surface area contributed by atoms with Crippen LogP contribution in [0.15, 0.2) is 60.9 Å². The molecule has 2 aromatic carbocycles. The maximum atomic E-state index is 11.3. The molecule has 134 valence electrons. The zero-order valence-corrected chi connectivity index (χ0v) is 15.6. The van der Waals surface area contributed by atoms with E-state index in [-0.39, 0.29) is 5.91 Å². The number of nitrogens with one attached hydrogen (secondary N) is 1. The van der Waals surface area contributed by atoms with Gasteiger partial charge in [-0.2, -0.15) is 0 Å². The van der Waals surface area contributed by atoms with Crippen LogP contribution in [0, 0.1) is 0 Å². The number of hydrogen-bond acceptors (Lipinski definition) is 3. The Labute approximate surface area is 154 Å². The molecule has 1 amide bonds. The lowest BCUT2D eigenvalue weighted by Crippen LogP contribution is -2.16. The molecule has 3 rings (SSSR count). The van der Waals surface area contributed by atoms with Gasteiger partial charge < -0.3 is 10.2 Å². The Morgan fingerprint density at radius 1 is 1.15 bits per heavy atom. The predicted octanol–water partition coefficient (Wildman–Crippen LogP) is 4.12. The fraction of sp³-hybridized carbons (Fsp3) is 0.238. The largest absolute Gasteiger partial charge is 0.326 e. The molecule has 0 spiro atoms. The summed E-state index contributed by atoms with van der Waals surface area (Å²) in [7, 11) is 4.15. The number of anilines is 1. The van der Waals surface area contributed by atoms with Crippen molar-refractivity contribution in [2.45, 2.75) is 19.9 Å². The van der Waals surface area contributed by atoms with Gasteiger partial charge in [0.25, 0.3) is 0 Å². The Kier molecular flexibility index (Phi) is 5.19. The number of benzene rings is 2. The number of nitrogens with zero attached hydrogens (tertiary/aromatic N) is 3. The fourth-order valence-corrected chi connectivity index (χ4v) is 2.87. The van der Waals surface area contributed by atoms with Crippen LogP contribution in [0.3, 0.4) is 0 Å². The van der Waals surface area contributed by atoms with E-state index in [1.165, 1.54) is 12.5 Å². The summed E-state index contributed by atoms with van der Waals surface area (Å²) in [5.74, 6) is 0.785. The lowest BCUT2D eigenvalue weighted by molar-refractivity contribution is -0.114. The van der Waals surface area contributed by atoms with Crippen LogP contribution in [0.5, 0.6) is 0 Å². The van der Waals surface area contributed by atoms with E-state index >= 15 is 0 Å². The molecule has 0 aliphatic carbocycles. The van der Waals surface area contributed by atoms with Crippen LogP contribution in [0.4, 0.5) is 5.69 Å². The number of imidazole rings is 1. The quantitative estimate of drug-likeness (QED) is 0.754. The Morgan fingerprint density at radius 3 is 2.54 bits per heavy atom. The van der Waals surface area contributed by atoms with Crippen LogP contribution in [0.2, 0.25) is 0 Å². The molecule has 1 atom stereocenters. The predicted molar refractivity (Wildman–Crippen MR) is 105 cm³/mol. The third-order valence-corrected chi connectivity index (χ3v) is 4.51. The van der Waals surface area contributed by atoms with E-state index in [2.05, 4.69) is 60.5 Å². The van der Waals surface area contributed by atoms with Gasteiger partial charge in [0.05, 0.1) is 0 Å². The van der Waals surface area contributed by atoms with Crippen molar-refractivity contribution in [3.8, 4) is 17.1 Å². The smallest absolute Gasteiger partial charge is 0.221 e. The van der Waals surface area contributed by atoms with Crippen LogP contribution in [0.25, 0.3) is 17.1 Å². The van der Waals surface area contributed by atoms with Gasteiger partial charge in [0.2, 0.25) is 5.91 Å². The van der Waals surface area contributed by atoms with Crippen molar-refractivity contribution in [2.24, 2.45) is 0 Å². The van der Waals surface area contributed by atoms with Gasteiger partial charge in [-0.15, -0.1) is 0 Å². The number of rotatable bonds is 5. The fourth-order valence-electron chi connectivity index (χ4n) is 2.87. The molecule has 0 fully saturated rings. The van der Waals surface area contributed by atoms with Gasteiger partial charge in [0, 0.05) is 42.3 Å². The van der Waals surface area contributed by atoms with Crippen molar-refractivity contribution < 1.29 is 4.79 Å². The number of carbonyl (C=O) groups excluding carboxylic acids is 1. The molecular formula is C21H24N4O. The first-order valence-corrected chi connectivity index (χ1v) is 8.64. The molecule has 0 saturated carbocycles. The SMILES string of the molecule is CC(=O)Nc1cccc(-n2ccnc2-c2ccc([C@H](C)N(C)C)cc2)c1. The molecule has 5 heteroatoms. The molecule has 1 N–H and O–H groups in total. The molecule has 0 radical (unpaired) electrons. The molecule has 0 saturated heterocycles. The van der Waals surface area contributed by atoms with Gasteiger partial charge >= 0.3 is 0 Å². The lowest BCUT2D eigenvalue weighted by atomic mass is 10.1. The normalized spacial score (nSPS) is 12.2. The summed E-state index contributed by atoms with van der Waals surface area (Å²) < 4.78 is 2.02. The number of aromatic nitrogens is 2. The molecular weight excluding hydrogens is 324 g/mol. The van der Waals surface area contributed by atoms with Crippen molar-refractivity contribution in [1.82, 2.24) is 14.5 Å². The minimum absolute atomic E-state index is 0.0846. The highest BCUT2D eigenvalue weighted by molar-refractivity contribution is 5.89. The first-order chi connectivity index (χ1) is 12.5. The number of carbonyl (C=O) groups is 1.